The van der Waals surface area contributed by atoms with Crippen LogP contribution >= 0.6 is 0 Å². The Hall–Kier alpha value is -2.90. The van der Waals surface area contributed by atoms with E-state index in [0.29, 0.717) is 38.0 Å². The Bertz CT molecular complexity index is 949. The molecule has 1 aliphatic rings. The molecule has 0 spiro atoms. The van der Waals surface area contributed by atoms with Crippen LogP contribution < -0.4 is 21.1 Å². The van der Waals surface area contributed by atoms with E-state index in [9.17, 15) is 9.59 Å². The van der Waals surface area contributed by atoms with Gasteiger partial charge in [0.25, 0.3) is 0 Å². The molecule has 0 radical (unpaired) electrons. The van der Waals surface area contributed by atoms with Gasteiger partial charge in [-0.05, 0) is 68.5 Å². The van der Waals surface area contributed by atoms with Crippen molar-refractivity contribution in [1.29, 1.82) is 0 Å². The molecule has 196 valence electrons. The van der Waals surface area contributed by atoms with E-state index in [1.165, 1.54) is 6.42 Å². The van der Waals surface area contributed by atoms with E-state index in [1.807, 2.05) is 68.4 Å². The molecule has 7 heteroatoms. The van der Waals surface area contributed by atoms with Crippen LogP contribution in [-0.2, 0) is 22.6 Å². The fourth-order valence-corrected chi connectivity index (χ4v) is 4.63. The lowest BCUT2D eigenvalue weighted by atomic mass is 10.0. The Morgan fingerprint density at radius 2 is 1.78 bits per heavy atom. The molecule has 36 heavy (non-hydrogen) atoms. The van der Waals surface area contributed by atoms with Gasteiger partial charge in [0.15, 0.2) is 0 Å². The van der Waals surface area contributed by atoms with Crippen LogP contribution in [0.5, 0.6) is 5.75 Å². The first-order chi connectivity index (χ1) is 17.3. The van der Waals surface area contributed by atoms with Crippen LogP contribution in [0.2, 0.25) is 0 Å². The maximum atomic E-state index is 13.1. The summed E-state index contributed by atoms with van der Waals surface area (Å²) in [6.07, 6.45) is 4.22. The van der Waals surface area contributed by atoms with Gasteiger partial charge in [0.05, 0.1) is 6.04 Å². The van der Waals surface area contributed by atoms with Gasteiger partial charge in [0.1, 0.15) is 18.4 Å². The molecule has 3 rings (SSSR count). The van der Waals surface area contributed by atoms with Gasteiger partial charge in [-0.15, -0.1) is 0 Å². The van der Waals surface area contributed by atoms with E-state index in [2.05, 4.69) is 22.6 Å². The minimum Gasteiger partial charge on any atom is -0.489 e. The van der Waals surface area contributed by atoms with Crippen molar-refractivity contribution in [3.63, 3.8) is 0 Å². The molecule has 4 N–H and O–H groups in total. The molecule has 1 aliphatic heterocycles. The van der Waals surface area contributed by atoms with Gasteiger partial charge in [-0.3, -0.25) is 9.59 Å². The summed E-state index contributed by atoms with van der Waals surface area (Å²) in [4.78, 5) is 28.2. The number of hydrogen-bond acceptors (Lipinski definition) is 5. The van der Waals surface area contributed by atoms with Gasteiger partial charge >= 0.3 is 0 Å². The van der Waals surface area contributed by atoms with Gasteiger partial charge in [-0.1, -0.05) is 56.3 Å². The molecule has 1 heterocycles. The smallest absolute Gasteiger partial charge is 0.242 e. The van der Waals surface area contributed by atoms with Gasteiger partial charge in [-0.2, -0.15) is 0 Å². The third kappa shape index (κ3) is 8.95. The summed E-state index contributed by atoms with van der Waals surface area (Å²) in [7, 11) is 2.13. The van der Waals surface area contributed by atoms with E-state index in [4.69, 9.17) is 10.5 Å². The number of ether oxygens (including phenoxy) is 1. The fraction of sp³-hybridized carbons (Fsp3) is 0.517. The molecule has 2 aromatic carbocycles. The number of nitrogens with two attached hydrogens (primary N) is 1. The lowest BCUT2D eigenvalue weighted by Crippen LogP contribution is -2.53. The summed E-state index contributed by atoms with van der Waals surface area (Å²) >= 11 is 0. The van der Waals surface area contributed by atoms with Crippen molar-refractivity contribution in [1.82, 2.24) is 15.5 Å². The Kier molecular flexibility index (Phi) is 10.8. The highest BCUT2D eigenvalue weighted by atomic mass is 16.5. The van der Waals surface area contributed by atoms with Crippen molar-refractivity contribution in [2.24, 2.45) is 11.7 Å². The molecule has 3 unspecified atom stereocenters. The highest BCUT2D eigenvalue weighted by Crippen LogP contribution is 2.18. The molecular weight excluding hydrogens is 452 g/mol. The number of rotatable bonds is 13. The summed E-state index contributed by atoms with van der Waals surface area (Å²) in [5.74, 6) is 0.587. The first kappa shape index (κ1) is 27.7. The highest BCUT2D eigenvalue weighted by molar-refractivity contribution is 5.89. The molecule has 1 saturated heterocycles. The third-order valence-electron chi connectivity index (χ3n) is 6.75. The van der Waals surface area contributed by atoms with Gasteiger partial charge < -0.3 is 26.0 Å². The van der Waals surface area contributed by atoms with Crippen molar-refractivity contribution < 1.29 is 14.3 Å². The summed E-state index contributed by atoms with van der Waals surface area (Å²) in [5, 5.41) is 5.94. The van der Waals surface area contributed by atoms with Gasteiger partial charge in [-0.25, -0.2) is 0 Å². The summed E-state index contributed by atoms with van der Waals surface area (Å²) in [6.45, 7) is 6.24. The fourth-order valence-electron chi connectivity index (χ4n) is 4.63. The van der Waals surface area contributed by atoms with Crippen LogP contribution in [0.15, 0.2) is 54.6 Å². The second-order valence-corrected chi connectivity index (χ2v) is 10.3. The predicted octanol–water partition coefficient (Wildman–Crippen LogP) is 3.27. The van der Waals surface area contributed by atoms with Crippen molar-refractivity contribution in [2.45, 2.75) is 70.7 Å². The molecule has 0 bridgehead atoms. The van der Waals surface area contributed by atoms with Crippen molar-refractivity contribution in [2.75, 3.05) is 20.1 Å². The van der Waals surface area contributed by atoms with Gasteiger partial charge in [0, 0.05) is 19.0 Å². The SMILES string of the molecule is CC(C)CC(N)C(=O)NC(Cc1ccc(OCc2ccccc2)cc1)C(=O)NCCC1CCCN1C. The Morgan fingerprint density at radius 1 is 1.06 bits per heavy atom. The first-order valence-electron chi connectivity index (χ1n) is 13.1. The van der Waals surface area contributed by atoms with E-state index in [-0.39, 0.29) is 11.8 Å². The second kappa shape index (κ2) is 14.0. The molecular formula is C29H42N4O3. The average molecular weight is 495 g/mol. The first-order valence-corrected chi connectivity index (χ1v) is 13.1. The number of hydrogen-bond donors (Lipinski definition) is 3. The Morgan fingerprint density at radius 3 is 2.42 bits per heavy atom. The highest BCUT2D eigenvalue weighted by Gasteiger charge is 2.25. The second-order valence-electron chi connectivity index (χ2n) is 10.3. The van der Waals surface area contributed by atoms with Crippen LogP contribution in [0, 0.1) is 5.92 Å². The Labute approximate surface area is 215 Å². The molecule has 7 nitrogen and oxygen atoms in total. The van der Waals surface area contributed by atoms with Crippen molar-refractivity contribution in [3.8, 4) is 5.75 Å². The number of nitrogens with zero attached hydrogens (tertiary/aromatic N) is 1. The number of carbonyl (C=O) groups excluding carboxylic acids is 2. The summed E-state index contributed by atoms with van der Waals surface area (Å²) < 4.78 is 5.87. The normalized spacial score (nSPS) is 17.5. The molecule has 0 saturated carbocycles. The van der Waals surface area contributed by atoms with Crippen LogP contribution in [0.25, 0.3) is 0 Å². The molecule has 2 aromatic rings. The minimum atomic E-state index is -0.687. The molecule has 2 amide bonds. The lowest BCUT2D eigenvalue weighted by molar-refractivity contribution is -0.129. The number of likely N-dealkylation sites (tertiary alicyclic amines) is 1. The largest absolute Gasteiger partial charge is 0.489 e. The maximum absolute atomic E-state index is 13.1. The number of benzene rings is 2. The standard InChI is InChI=1S/C29H42N4O3/c1-21(2)18-26(30)28(34)32-27(29(35)31-16-15-24-10-7-17-33(24)3)19-22-11-13-25(14-12-22)36-20-23-8-5-4-6-9-23/h4-6,8-9,11-14,21,24,26-27H,7,10,15-20,30H2,1-3H3,(H,31,35)(H,32,34). The molecule has 0 aliphatic carbocycles. The number of nitrogens with one attached hydrogen (secondary N) is 2. The van der Waals surface area contributed by atoms with E-state index in [0.717, 1.165) is 36.3 Å². The predicted molar refractivity (Wildman–Crippen MR) is 144 cm³/mol. The Balaban J connectivity index is 1.59. The minimum absolute atomic E-state index is 0.176. The zero-order valence-electron chi connectivity index (χ0n) is 21.9. The molecule has 0 aromatic heterocycles. The topological polar surface area (TPSA) is 96.7 Å². The van der Waals surface area contributed by atoms with Crippen LogP contribution in [0.1, 0.15) is 50.7 Å². The number of amides is 2. The number of carbonyl (C=O) groups is 2. The van der Waals surface area contributed by atoms with Crippen molar-refractivity contribution >= 4 is 11.8 Å². The molecule has 3 atom stereocenters. The summed E-state index contributed by atoms with van der Waals surface area (Å²) in [5.41, 5.74) is 8.13. The summed E-state index contributed by atoms with van der Waals surface area (Å²) in [6, 6.07) is 16.8. The quantitative estimate of drug-likeness (QED) is 0.397. The van der Waals surface area contributed by atoms with E-state index < -0.39 is 12.1 Å². The third-order valence-corrected chi connectivity index (χ3v) is 6.75. The van der Waals surface area contributed by atoms with Gasteiger partial charge in [0.2, 0.25) is 11.8 Å². The van der Waals surface area contributed by atoms with Crippen LogP contribution in [0.4, 0.5) is 0 Å². The van der Waals surface area contributed by atoms with E-state index in [1.54, 1.807) is 0 Å². The van der Waals surface area contributed by atoms with Crippen LogP contribution in [0.3, 0.4) is 0 Å². The monoisotopic (exact) mass is 494 g/mol. The maximum Gasteiger partial charge on any atom is 0.242 e. The lowest BCUT2D eigenvalue weighted by Gasteiger charge is -2.23. The average Bonchev–Trinajstić information content (AvgIpc) is 3.27. The van der Waals surface area contributed by atoms with Crippen LogP contribution in [-0.4, -0.2) is 55.0 Å². The van der Waals surface area contributed by atoms with E-state index >= 15 is 0 Å². The molecule has 1 fully saturated rings. The zero-order valence-corrected chi connectivity index (χ0v) is 21.9. The zero-order chi connectivity index (χ0) is 25.9. The van der Waals surface area contributed by atoms with Crippen molar-refractivity contribution in [3.05, 3.63) is 65.7 Å².